The summed E-state index contributed by atoms with van der Waals surface area (Å²) in [4.78, 5) is 96.8. The van der Waals surface area contributed by atoms with E-state index in [1.807, 2.05) is 0 Å². The summed E-state index contributed by atoms with van der Waals surface area (Å²) in [7, 11) is -20.8. The number of hydrogen-bond acceptors (Lipinski definition) is 13. The fraction of sp³-hybridized carbons (Fsp3) is 0.556. The molecule has 37 heavy (non-hydrogen) atoms. The average molecular weight is 635 g/mol. The average Bonchev–Trinajstić information content (AvgIpc) is 2.53. The number of aliphatic hydroxyl groups is 1. The molecule has 0 aromatic rings. The van der Waals surface area contributed by atoms with Crippen LogP contribution in [-0.2, 0) is 50.6 Å². The quantitative estimate of drug-likeness (QED) is 0.0875. The summed E-state index contributed by atoms with van der Waals surface area (Å²) in [5.74, 6) is -6.40. The molecule has 0 radical (unpaired) electrons. The maximum Gasteiger partial charge on any atom is 0.490 e. The number of nitrogens with two attached hydrogens (primary N) is 1. The van der Waals surface area contributed by atoms with Crippen molar-refractivity contribution in [2.24, 2.45) is 5.73 Å². The SMILES string of the molecule is N[C@@H](COP(=O)(O)O)C(=O)O.O=C(O)CC(O)(CC(=O)O)C(=O)O.O=P(O)(O)OP(=O)(O)OP(=O)(O)O. The Hall–Kier alpha value is -1.68. The van der Waals surface area contributed by atoms with Gasteiger partial charge < -0.3 is 65.5 Å². The molecule has 0 amide bonds. The van der Waals surface area contributed by atoms with Crippen LogP contribution in [0.4, 0.5) is 0 Å². The van der Waals surface area contributed by atoms with Gasteiger partial charge in [-0.25, -0.2) is 23.1 Å². The number of rotatable bonds is 13. The Labute approximate surface area is 203 Å². The van der Waals surface area contributed by atoms with Gasteiger partial charge in [0.05, 0.1) is 19.4 Å². The van der Waals surface area contributed by atoms with E-state index in [0.717, 1.165) is 0 Å². The van der Waals surface area contributed by atoms with Crippen molar-refractivity contribution in [2.75, 3.05) is 6.61 Å². The summed E-state index contributed by atoms with van der Waals surface area (Å²) in [6.07, 6.45) is -2.29. The zero-order valence-electron chi connectivity index (χ0n) is 17.4. The van der Waals surface area contributed by atoms with E-state index in [1.54, 1.807) is 0 Å². The van der Waals surface area contributed by atoms with Crippen LogP contribution in [-0.4, -0.2) is 102 Å². The van der Waals surface area contributed by atoms with Crippen LogP contribution in [0.1, 0.15) is 12.8 Å². The first kappa shape index (κ1) is 39.8. The van der Waals surface area contributed by atoms with Crippen LogP contribution in [0.2, 0.25) is 0 Å². The fourth-order valence-corrected chi connectivity index (χ4v) is 4.14. The maximum atomic E-state index is 10.4. The lowest BCUT2D eigenvalue weighted by atomic mass is 9.96. The van der Waals surface area contributed by atoms with E-state index in [1.165, 1.54) is 0 Å². The highest BCUT2D eigenvalue weighted by Crippen LogP contribution is 2.64. The Balaban J connectivity index is -0.000000471. The number of carbonyl (C=O) groups is 4. The van der Waals surface area contributed by atoms with Crippen LogP contribution in [0.5, 0.6) is 0 Å². The summed E-state index contributed by atoms with van der Waals surface area (Å²) in [6, 6.07) is -1.41. The molecule has 0 spiro atoms. The number of carboxylic acids is 4. The maximum absolute atomic E-state index is 10.4. The molecule has 0 aromatic carbocycles. The van der Waals surface area contributed by atoms with E-state index in [9.17, 15) is 37.4 Å². The normalized spacial score (nSPS) is 13.2. The molecular formula is C9H21NO23P4. The van der Waals surface area contributed by atoms with Crippen molar-refractivity contribution >= 4 is 55.2 Å². The molecule has 0 aliphatic rings. The highest BCUT2D eigenvalue weighted by Gasteiger charge is 2.41. The van der Waals surface area contributed by atoms with Gasteiger partial charge in [-0.05, 0) is 0 Å². The second kappa shape index (κ2) is 15.7. The monoisotopic (exact) mass is 635 g/mol. The second-order valence-electron chi connectivity index (χ2n) is 5.82. The van der Waals surface area contributed by atoms with Gasteiger partial charge in [-0.1, -0.05) is 0 Å². The van der Waals surface area contributed by atoms with Gasteiger partial charge >= 0.3 is 55.2 Å². The molecule has 220 valence electrons. The van der Waals surface area contributed by atoms with Crippen molar-refractivity contribution in [1.29, 1.82) is 0 Å². The molecule has 1 atom stereocenters. The predicted molar refractivity (Wildman–Crippen MR) is 107 cm³/mol. The van der Waals surface area contributed by atoms with Crippen molar-refractivity contribution in [3.05, 3.63) is 0 Å². The molecule has 0 saturated heterocycles. The molecule has 0 saturated carbocycles. The van der Waals surface area contributed by atoms with Gasteiger partial charge in [-0.2, -0.15) is 8.62 Å². The number of aliphatic carboxylic acids is 4. The Morgan fingerprint density at radius 2 is 1.03 bits per heavy atom. The molecule has 0 aliphatic heterocycles. The topological polar surface area (TPSA) is 433 Å². The van der Waals surface area contributed by atoms with E-state index < -0.39 is 86.3 Å². The lowest BCUT2D eigenvalue weighted by Gasteiger charge is -2.18. The van der Waals surface area contributed by atoms with Crippen LogP contribution in [0.25, 0.3) is 0 Å². The van der Waals surface area contributed by atoms with Gasteiger partial charge in [0.25, 0.3) is 0 Å². The van der Waals surface area contributed by atoms with Gasteiger partial charge in [-0.3, -0.25) is 18.9 Å². The number of carboxylic acid groups (broad SMARTS) is 4. The molecule has 0 aliphatic carbocycles. The molecule has 0 aromatic heterocycles. The van der Waals surface area contributed by atoms with Crippen LogP contribution < -0.4 is 5.73 Å². The molecule has 0 heterocycles. The van der Waals surface area contributed by atoms with Crippen molar-refractivity contribution < 1.29 is 110 Å². The van der Waals surface area contributed by atoms with Gasteiger partial charge in [0.2, 0.25) is 0 Å². The summed E-state index contributed by atoms with van der Waals surface area (Å²) >= 11 is 0. The lowest BCUT2D eigenvalue weighted by molar-refractivity contribution is -0.170. The zero-order valence-corrected chi connectivity index (χ0v) is 21.0. The first-order valence-electron chi connectivity index (χ1n) is 7.96. The highest BCUT2D eigenvalue weighted by molar-refractivity contribution is 7.66. The van der Waals surface area contributed by atoms with Gasteiger partial charge in [0.1, 0.15) is 6.04 Å². The van der Waals surface area contributed by atoms with Gasteiger partial charge in [0, 0.05) is 0 Å². The first-order valence-corrected chi connectivity index (χ1v) is 14.0. The summed E-state index contributed by atoms with van der Waals surface area (Å²) < 4.78 is 50.2. The molecular weight excluding hydrogens is 614 g/mol. The molecule has 14 N–H and O–H groups in total. The molecule has 0 fully saturated rings. The second-order valence-corrected chi connectivity index (χ2v) is 11.3. The van der Waals surface area contributed by atoms with E-state index in [-0.39, 0.29) is 0 Å². The number of phosphoric acid groups is 4. The number of phosphoric ester groups is 1. The third-order valence-electron chi connectivity index (χ3n) is 2.44. The standard InChI is InChI=1S/C6H8O7.C3H8NO6P.H5O10P3/c7-3(8)1-6(13,5(11)12)2-4(9)10;4-2(3(5)6)1-10-11(7,8)9;1-11(2,3)9-13(7,8)10-12(4,5)6/h13H,1-2H2,(H,7,8)(H,9,10)(H,11,12);2H,1,4H2,(H,5,6)(H2,7,8,9);(H,7,8)(H2,1,2,3)(H2,4,5,6)/t;2-;/m.0./s1. The Kier molecular flexibility index (Phi) is 16.9. The van der Waals surface area contributed by atoms with E-state index in [4.69, 9.17) is 65.5 Å². The van der Waals surface area contributed by atoms with Crippen molar-refractivity contribution in [3.63, 3.8) is 0 Å². The number of hydrogen-bond donors (Lipinski definition) is 13. The van der Waals surface area contributed by atoms with Crippen molar-refractivity contribution in [1.82, 2.24) is 0 Å². The minimum absolute atomic E-state index is 0.709. The zero-order chi connectivity index (χ0) is 30.6. The molecule has 0 bridgehead atoms. The first-order chi connectivity index (χ1) is 16.0. The molecule has 24 nitrogen and oxygen atoms in total. The minimum Gasteiger partial charge on any atom is -0.481 e. The van der Waals surface area contributed by atoms with Crippen LogP contribution >= 0.6 is 31.3 Å². The van der Waals surface area contributed by atoms with Crippen LogP contribution in [0, 0.1) is 0 Å². The smallest absolute Gasteiger partial charge is 0.481 e. The fourth-order valence-electron chi connectivity index (χ4n) is 1.25. The third-order valence-corrected chi connectivity index (χ3v) is 6.28. The predicted octanol–water partition coefficient (Wildman–Crippen LogP) is -3.44. The van der Waals surface area contributed by atoms with Crippen LogP contribution in [0.3, 0.4) is 0 Å². The summed E-state index contributed by atoms with van der Waals surface area (Å²) in [5, 5.41) is 41.9. The Morgan fingerprint density at radius 3 is 1.22 bits per heavy atom. The highest BCUT2D eigenvalue weighted by atomic mass is 31.3. The largest absolute Gasteiger partial charge is 0.490 e. The Bertz CT molecular complexity index is 944. The summed E-state index contributed by atoms with van der Waals surface area (Å²) in [5.41, 5.74) is 2.12. The third kappa shape index (κ3) is 27.2. The molecule has 28 heteroatoms. The van der Waals surface area contributed by atoms with E-state index in [2.05, 4.69) is 13.1 Å². The van der Waals surface area contributed by atoms with Gasteiger partial charge in [0.15, 0.2) is 5.60 Å². The van der Waals surface area contributed by atoms with E-state index >= 15 is 0 Å². The minimum atomic E-state index is -5.46. The molecule has 0 unspecified atom stereocenters. The Morgan fingerprint density at radius 1 is 0.703 bits per heavy atom. The van der Waals surface area contributed by atoms with Gasteiger partial charge in [-0.15, -0.1) is 0 Å². The van der Waals surface area contributed by atoms with Crippen molar-refractivity contribution in [3.8, 4) is 0 Å². The molecule has 0 rings (SSSR count). The van der Waals surface area contributed by atoms with Crippen molar-refractivity contribution in [2.45, 2.75) is 24.5 Å². The summed E-state index contributed by atoms with van der Waals surface area (Å²) in [6.45, 7) is -0.709. The van der Waals surface area contributed by atoms with Crippen LogP contribution in [0.15, 0.2) is 0 Å². The lowest BCUT2D eigenvalue weighted by Crippen LogP contribution is -2.42. The van der Waals surface area contributed by atoms with E-state index in [0.29, 0.717) is 0 Å².